The van der Waals surface area contributed by atoms with Crippen LogP contribution in [0, 0.1) is 0 Å². The highest BCUT2D eigenvalue weighted by atomic mass is 32.1. The van der Waals surface area contributed by atoms with Gasteiger partial charge in [0.25, 0.3) is 0 Å². The lowest BCUT2D eigenvalue weighted by molar-refractivity contribution is 0.310. The minimum atomic E-state index is 0.249. The van der Waals surface area contributed by atoms with Gasteiger partial charge in [-0.3, -0.25) is 0 Å². The summed E-state index contributed by atoms with van der Waals surface area (Å²) in [7, 11) is 5.81. The summed E-state index contributed by atoms with van der Waals surface area (Å²) in [4.78, 5) is 6.30. The fraction of sp³-hybridized carbons (Fsp3) is 0.385. The topological polar surface area (TPSA) is 50.3 Å². The van der Waals surface area contributed by atoms with Gasteiger partial charge in [-0.2, -0.15) is 4.37 Å². The van der Waals surface area contributed by atoms with E-state index in [9.17, 15) is 0 Å². The molecule has 2 aromatic rings. The Morgan fingerprint density at radius 3 is 2.89 bits per heavy atom. The standard InChI is InChI=1S/C13H18N4OS/c1-17(2)12(8-14-13-15-9-16-19-13)10-5-4-6-11(7-10)18-3/h4-7,9,12H,8H2,1-3H3,(H,14,15,16). The number of hydrogen-bond donors (Lipinski definition) is 1. The highest BCUT2D eigenvalue weighted by Crippen LogP contribution is 2.23. The first-order valence-electron chi connectivity index (χ1n) is 6.01. The van der Waals surface area contributed by atoms with Crippen molar-refractivity contribution in [2.45, 2.75) is 6.04 Å². The van der Waals surface area contributed by atoms with E-state index in [1.54, 1.807) is 13.4 Å². The molecular weight excluding hydrogens is 260 g/mol. The molecule has 0 aliphatic carbocycles. The number of aromatic nitrogens is 2. The fourth-order valence-corrected chi connectivity index (χ4v) is 2.32. The molecule has 102 valence electrons. The highest BCUT2D eigenvalue weighted by Gasteiger charge is 2.15. The number of rotatable bonds is 6. The lowest BCUT2D eigenvalue weighted by atomic mass is 10.1. The molecule has 1 N–H and O–H groups in total. The average molecular weight is 278 g/mol. The lowest BCUT2D eigenvalue weighted by Gasteiger charge is -2.25. The molecule has 2 rings (SSSR count). The molecule has 0 aliphatic rings. The first kappa shape index (κ1) is 13.8. The van der Waals surface area contributed by atoms with Crippen LogP contribution >= 0.6 is 11.5 Å². The molecule has 1 atom stereocenters. The van der Waals surface area contributed by atoms with E-state index in [1.807, 2.05) is 12.1 Å². The molecule has 0 radical (unpaired) electrons. The van der Waals surface area contributed by atoms with Crippen molar-refractivity contribution >= 4 is 16.7 Å². The smallest absolute Gasteiger partial charge is 0.202 e. The van der Waals surface area contributed by atoms with Crippen molar-refractivity contribution < 1.29 is 4.74 Å². The predicted molar refractivity (Wildman–Crippen MR) is 77.8 cm³/mol. The van der Waals surface area contributed by atoms with E-state index < -0.39 is 0 Å². The Morgan fingerprint density at radius 2 is 2.26 bits per heavy atom. The summed E-state index contributed by atoms with van der Waals surface area (Å²) < 4.78 is 9.26. The van der Waals surface area contributed by atoms with E-state index in [4.69, 9.17) is 4.74 Å². The van der Waals surface area contributed by atoms with Gasteiger partial charge in [0.1, 0.15) is 12.1 Å². The van der Waals surface area contributed by atoms with Crippen LogP contribution in [0.4, 0.5) is 5.13 Å². The fourth-order valence-electron chi connectivity index (χ4n) is 1.88. The number of nitrogens with zero attached hydrogens (tertiary/aromatic N) is 3. The van der Waals surface area contributed by atoms with E-state index in [0.717, 1.165) is 17.4 Å². The van der Waals surface area contributed by atoms with Crippen molar-refractivity contribution in [2.24, 2.45) is 0 Å². The second-order valence-electron chi connectivity index (χ2n) is 4.38. The minimum absolute atomic E-state index is 0.249. The number of anilines is 1. The number of likely N-dealkylation sites (N-methyl/N-ethyl adjacent to an activating group) is 1. The van der Waals surface area contributed by atoms with Crippen molar-refractivity contribution in [1.29, 1.82) is 0 Å². The normalized spacial score (nSPS) is 12.4. The molecule has 0 amide bonds. The van der Waals surface area contributed by atoms with E-state index in [2.05, 4.69) is 45.8 Å². The van der Waals surface area contributed by atoms with Gasteiger partial charge in [-0.1, -0.05) is 12.1 Å². The van der Waals surface area contributed by atoms with Crippen LogP contribution in [0.25, 0.3) is 0 Å². The molecule has 5 nitrogen and oxygen atoms in total. The van der Waals surface area contributed by atoms with Gasteiger partial charge in [-0.25, -0.2) is 4.98 Å². The molecule has 1 aromatic heterocycles. The number of nitrogens with one attached hydrogen (secondary N) is 1. The van der Waals surface area contributed by atoms with Crippen molar-refractivity contribution in [3.05, 3.63) is 36.2 Å². The molecule has 0 saturated carbocycles. The van der Waals surface area contributed by atoms with Gasteiger partial charge in [-0.15, -0.1) is 0 Å². The molecule has 0 fully saturated rings. The summed E-state index contributed by atoms with van der Waals surface area (Å²) >= 11 is 1.36. The van der Waals surface area contributed by atoms with Gasteiger partial charge in [0.2, 0.25) is 5.13 Å². The van der Waals surface area contributed by atoms with Gasteiger partial charge in [-0.05, 0) is 31.8 Å². The number of ether oxygens (including phenoxy) is 1. The Balaban J connectivity index is 2.10. The third-order valence-corrected chi connectivity index (χ3v) is 3.53. The summed E-state index contributed by atoms with van der Waals surface area (Å²) in [6.45, 7) is 0.773. The maximum atomic E-state index is 5.28. The first-order chi connectivity index (χ1) is 9.20. The van der Waals surface area contributed by atoms with Crippen LogP contribution in [0.2, 0.25) is 0 Å². The first-order valence-corrected chi connectivity index (χ1v) is 6.79. The second kappa shape index (κ2) is 6.49. The lowest BCUT2D eigenvalue weighted by Crippen LogP contribution is -2.26. The van der Waals surface area contributed by atoms with Crippen molar-refractivity contribution in [1.82, 2.24) is 14.3 Å². The van der Waals surface area contributed by atoms with Crippen LogP contribution in [0.3, 0.4) is 0 Å². The third kappa shape index (κ3) is 3.65. The van der Waals surface area contributed by atoms with E-state index >= 15 is 0 Å². The quantitative estimate of drug-likeness (QED) is 0.878. The monoisotopic (exact) mass is 278 g/mol. The Hall–Kier alpha value is -1.66. The van der Waals surface area contributed by atoms with E-state index in [0.29, 0.717) is 0 Å². The highest BCUT2D eigenvalue weighted by molar-refractivity contribution is 7.09. The van der Waals surface area contributed by atoms with Gasteiger partial charge < -0.3 is 15.0 Å². The van der Waals surface area contributed by atoms with Crippen LogP contribution in [0.1, 0.15) is 11.6 Å². The zero-order valence-electron chi connectivity index (χ0n) is 11.3. The molecular formula is C13H18N4OS. The average Bonchev–Trinajstić information content (AvgIpc) is 2.92. The summed E-state index contributed by atoms with van der Waals surface area (Å²) in [6.07, 6.45) is 1.56. The predicted octanol–water partition coefficient (Wildman–Crippen LogP) is 2.26. The Kier molecular flexibility index (Phi) is 4.70. The van der Waals surface area contributed by atoms with Gasteiger partial charge in [0.15, 0.2) is 0 Å². The number of hydrogen-bond acceptors (Lipinski definition) is 6. The molecule has 1 heterocycles. The van der Waals surface area contributed by atoms with Crippen LogP contribution in [0.5, 0.6) is 5.75 Å². The van der Waals surface area contributed by atoms with Crippen molar-refractivity contribution in [2.75, 3.05) is 33.1 Å². The van der Waals surface area contributed by atoms with Gasteiger partial charge in [0.05, 0.1) is 13.2 Å². The molecule has 0 aliphatic heterocycles. The number of benzene rings is 1. The van der Waals surface area contributed by atoms with Gasteiger partial charge >= 0.3 is 0 Å². The zero-order valence-corrected chi connectivity index (χ0v) is 12.1. The largest absolute Gasteiger partial charge is 0.497 e. The summed E-state index contributed by atoms with van der Waals surface area (Å²) in [5.74, 6) is 0.875. The Morgan fingerprint density at radius 1 is 1.42 bits per heavy atom. The van der Waals surface area contributed by atoms with Crippen molar-refractivity contribution in [3.63, 3.8) is 0 Å². The molecule has 1 aromatic carbocycles. The molecule has 0 saturated heterocycles. The minimum Gasteiger partial charge on any atom is -0.497 e. The Bertz CT molecular complexity index is 501. The van der Waals surface area contributed by atoms with E-state index in [-0.39, 0.29) is 6.04 Å². The summed E-state index contributed by atoms with van der Waals surface area (Å²) in [6, 6.07) is 8.38. The summed E-state index contributed by atoms with van der Waals surface area (Å²) in [5.41, 5.74) is 1.21. The molecule has 1 unspecified atom stereocenters. The second-order valence-corrected chi connectivity index (χ2v) is 5.16. The molecule has 0 spiro atoms. The summed E-state index contributed by atoms with van der Waals surface area (Å²) in [5, 5.41) is 4.15. The zero-order chi connectivity index (χ0) is 13.7. The van der Waals surface area contributed by atoms with Gasteiger partial charge in [0, 0.05) is 18.1 Å². The molecule has 0 bridgehead atoms. The van der Waals surface area contributed by atoms with Crippen molar-refractivity contribution in [3.8, 4) is 5.75 Å². The van der Waals surface area contributed by atoms with Crippen LogP contribution in [0.15, 0.2) is 30.6 Å². The van der Waals surface area contributed by atoms with Crippen LogP contribution in [-0.2, 0) is 0 Å². The van der Waals surface area contributed by atoms with Crippen LogP contribution in [-0.4, -0.2) is 42.0 Å². The number of methoxy groups -OCH3 is 1. The molecule has 19 heavy (non-hydrogen) atoms. The van der Waals surface area contributed by atoms with Crippen LogP contribution < -0.4 is 10.1 Å². The van der Waals surface area contributed by atoms with E-state index in [1.165, 1.54) is 17.1 Å². The Labute approximate surface area is 117 Å². The molecule has 6 heteroatoms. The maximum absolute atomic E-state index is 5.28. The SMILES string of the molecule is COc1cccc(C(CNc2ncns2)N(C)C)c1. The third-order valence-electron chi connectivity index (χ3n) is 2.91. The maximum Gasteiger partial charge on any atom is 0.202 e.